The summed E-state index contributed by atoms with van der Waals surface area (Å²) in [7, 11) is 8.95. The molecule has 0 aliphatic heterocycles. The number of carbonyl (C=O) groups is 1. The van der Waals surface area contributed by atoms with Crippen LogP contribution in [0, 0.1) is 10.1 Å². The molecule has 3 aromatic rings. The summed E-state index contributed by atoms with van der Waals surface area (Å²) in [6, 6.07) is 11.2. The van der Waals surface area contributed by atoms with E-state index in [4.69, 9.17) is 28.4 Å². The van der Waals surface area contributed by atoms with Crippen LogP contribution in [-0.4, -0.2) is 53.4 Å². The second-order valence-corrected chi connectivity index (χ2v) is 8.04. The average Bonchev–Trinajstić information content (AvgIpc) is 2.98. The zero-order valence-corrected chi connectivity index (χ0v) is 23.0. The van der Waals surface area contributed by atoms with Crippen molar-refractivity contribution in [3.05, 3.63) is 81.5 Å². The quantitative estimate of drug-likeness (QED) is 0.0941. The number of nitrogens with zero attached hydrogens (tertiary/aromatic N) is 1. The minimum Gasteiger partial charge on any atom is -0.493 e. The summed E-state index contributed by atoms with van der Waals surface area (Å²) in [5.74, 6) is 1.99. The van der Waals surface area contributed by atoms with Crippen LogP contribution in [0.15, 0.2) is 54.7 Å². The van der Waals surface area contributed by atoms with Crippen LogP contribution in [0.3, 0.4) is 0 Å². The fraction of sp³-hybridized carbons (Fsp3) is 0.207. The number of carbonyl (C=O) groups excluding carboxylic acids is 1. The Morgan fingerprint density at radius 1 is 0.750 bits per heavy atom. The number of nitro benzene ring substituents is 1. The van der Waals surface area contributed by atoms with E-state index in [9.17, 15) is 14.9 Å². The first-order valence-corrected chi connectivity index (χ1v) is 11.8. The number of benzene rings is 3. The van der Waals surface area contributed by atoms with Gasteiger partial charge in [0.05, 0.1) is 53.3 Å². The summed E-state index contributed by atoms with van der Waals surface area (Å²) in [5, 5.41) is 14.4. The highest BCUT2D eigenvalue weighted by atomic mass is 16.6. The van der Waals surface area contributed by atoms with Crippen LogP contribution in [0.4, 0.5) is 11.4 Å². The summed E-state index contributed by atoms with van der Waals surface area (Å²) < 4.78 is 32.3. The molecule has 0 aromatic heterocycles. The van der Waals surface area contributed by atoms with Crippen molar-refractivity contribution in [2.24, 2.45) is 0 Å². The van der Waals surface area contributed by atoms with E-state index in [2.05, 4.69) is 5.32 Å². The SMILES string of the molecule is COc1ccc(C(=O)C=CNc2c(C=Cc3cc(OC)c(OC)c(OC)c3)ccc(OC)c2OC)cc1[N+](=O)[O-]. The standard InChI is InChI=1S/C29H30N2O9/c1-35-23-11-10-20(17-21(23)31(33)34)22(32)13-14-30-27-19(9-12-24(36-2)29(27)40-6)8-7-18-15-25(37-3)28(39-5)26(16-18)38-4/h7-17,30H,1-6H3. The monoisotopic (exact) mass is 550 g/mol. The van der Waals surface area contributed by atoms with Crippen LogP contribution in [0.25, 0.3) is 12.2 Å². The molecule has 210 valence electrons. The van der Waals surface area contributed by atoms with Crippen molar-refractivity contribution in [1.82, 2.24) is 0 Å². The van der Waals surface area contributed by atoms with E-state index in [1.165, 1.54) is 58.9 Å². The Morgan fingerprint density at radius 3 is 1.90 bits per heavy atom. The van der Waals surface area contributed by atoms with Gasteiger partial charge in [-0.1, -0.05) is 12.2 Å². The van der Waals surface area contributed by atoms with Crippen molar-refractivity contribution in [2.75, 3.05) is 48.0 Å². The van der Waals surface area contributed by atoms with Crippen LogP contribution < -0.4 is 33.7 Å². The van der Waals surface area contributed by atoms with Gasteiger partial charge in [0.15, 0.2) is 34.5 Å². The molecule has 11 heteroatoms. The van der Waals surface area contributed by atoms with Crippen molar-refractivity contribution in [1.29, 1.82) is 0 Å². The van der Waals surface area contributed by atoms with Crippen molar-refractivity contribution in [3.63, 3.8) is 0 Å². The third kappa shape index (κ3) is 6.44. The Labute approximate surface area is 231 Å². The van der Waals surface area contributed by atoms with E-state index < -0.39 is 10.7 Å². The smallest absolute Gasteiger partial charge is 0.311 e. The Morgan fingerprint density at radius 2 is 1.35 bits per heavy atom. The first kappa shape index (κ1) is 29.4. The molecule has 0 spiro atoms. The minimum atomic E-state index is -0.606. The molecule has 0 amide bonds. The lowest BCUT2D eigenvalue weighted by Gasteiger charge is -2.15. The summed E-state index contributed by atoms with van der Waals surface area (Å²) in [5.41, 5.74) is 1.84. The predicted octanol–water partition coefficient (Wildman–Crippen LogP) is 5.63. The topological polar surface area (TPSA) is 128 Å². The van der Waals surface area contributed by atoms with E-state index in [0.717, 1.165) is 5.56 Å². The predicted molar refractivity (Wildman–Crippen MR) is 151 cm³/mol. The largest absolute Gasteiger partial charge is 0.493 e. The molecule has 1 N–H and O–H groups in total. The van der Waals surface area contributed by atoms with Gasteiger partial charge >= 0.3 is 5.69 Å². The summed E-state index contributed by atoms with van der Waals surface area (Å²) in [6.07, 6.45) is 6.37. The molecule has 0 heterocycles. The maximum absolute atomic E-state index is 12.8. The third-order valence-corrected chi connectivity index (χ3v) is 5.84. The first-order valence-electron chi connectivity index (χ1n) is 11.8. The molecule has 0 bridgehead atoms. The molecule has 0 fully saturated rings. The second kappa shape index (κ2) is 13.6. The van der Waals surface area contributed by atoms with E-state index in [-0.39, 0.29) is 17.0 Å². The van der Waals surface area contributed by atoms with Crippen molar-refractivity contribution in [2.45, 2.75) is 0 Å². The number of anilines is 1. The van der Waals surface area contributed by atoms with Gasteiger partial charge in [0.1, 0.15) is 0 Å². The molecule has 0 saturated carbocycles. The maximum Gasteiger partial charge on any atom is 0.311 e. The number of hydrogen-bond acceptors (Lipinski definition) is 10. The lowest BCUT2D eigenvalue weighted by atomic mass is 10.1. The number of ether oxygens (including phenoxy) is 6. The Hall–Kier alpha value is -5.19. The summed E-state index contributed by atoms with van der Waals surface area (Å²) in [4.78, 5) is 23.5. The highest BCUT2D eigenvalue weighted by Crippen LogP contribution is 2.41. The van der Waals surface area contributed by atoms with Gasteiger partial charge in [0.25, 0.3) is 0 Å². The van der Waals surface area contributed by atoms with Crippen molar-refractivity contribution in [3.8, 4) is 34.5 Å². The summed E-state index contributed by atoms with van der Waals surface area (Å²) in [6.45, 7) is 0. The fourth-order valence-corrected chi connectivity index (χ4v) is 3.90. The van der Waals surface area contributed by atoms with Gasteiger partial charge in [0, 0.05) is 29.5 Å². The van der Waals surface area contributed by atoms with E-state index in [1.807, 2.05) is 18.2 Å². The number of allylic oxidation sites excluding steroid dienone is 1. The van der Waals surface area contributed by atoms with Gasteiger partial charge in [-0.15, -0.1) is 0 Å². The second-order valence-electron chi connectivity index (χ2n) is 8.04. The number of methoxy groups -OCH3 is 6. The van der Waals surface area contributed by atoms with Gasteiger partial charge in [-0.25, -0.2) is 0 Å². The molecule has 3 aromatic carbocycles. The number of nitrogens with one attached hydrogen (secondary N) is 1. The molecule has 40 heavy (non-hydrogen) atoms. The number of rotatable bonds is 13. The lowest BCUT2D eigenvalue weighted by Crippen LogP contribution is -2.02. The highest BCUT2D eigenvalue weighted by Gasteiger charge is 2.18. The Bertz CT molecular complexity index is 1420. The van der Waals surface area contributed by atoms with E-state index in [1.54, 1.807) is 32.4 Å². The van der Waals surface area contributed by atoms with Crippen LogP contribution >= 0.6 is 0 Å². The Balaban J connectivity index is 1.96. The molecule has 11 nitrogen and oxygen atoms in total. The first-order chi connectivity index (χ1) is 19.3. The van der Waals surface area contributed by atoms with Crippen molar-refractivity contribution < 1.29 is 38.1 Å². The van der Waals surface area contributed by atoms with Crippen molar-refractivity contribution >= 4 is 29.3 Å². The molecule has 0 aliphatic rings. The number of hydrogen-bond donors (Lipinski definition) is 1. The van der Waals surface area contributed by atoms with Gasteiger partial charge in [0.2, 0.25) is 5.75 Å². The van der Waals surface area contributed by atoms with Crippen LogP contribution in [0.1, 0.15) is 21.5 Å². The zero-order chi connectivity index (χ0) is 29.2. The third-order valence-electron chi connectivity index (χ3n) is 5.84. The van der Waals surface area contributed by atoms with Gasteiger partial charge in [-0.3, -0.25) is 14.9 Å². The zero-order valence-electron chi connectivity index (χ0n) is 23.0. The Kier molecular flexibility index (Phi) is 9.95. The molecule has 0 saturated heterocycles. The molecule has 0 aliphatic carbocycles. The molecular formula is C29H30N2O9. The minimum absolute atomic E-state index is 0.0632. The normalized spacial score (nSPS) is 10.8. The van der Waals surface area contributed by atoms with Crippen LogP contribution in [0.5, 0.6) is 34.5 Å². The van der Waals surface area contributed by atoms with Crippen LogP contribution in [-0.2, 0) is 0 Å². The molecule has 0 atom stereocenters. The molecule has 0 radical (unpaired) electrons. The lowest BCUT2D eigenvalue weighted by molar-refractivity contribution is -0.385. The van der Waals surface area contributed by atoms with Gasteiger partial charge < -0.3 is 33.7 Å². The van der Waals surface area contributed by atoms with E-state index >= 15 is 0 Å². The highest BCUT2D eigenvalue weighted by molar-refractivity contribution is 6.05. The van der Waals surface area contributed by atoms with Gasteiger partial charge in [-0.05, 0) is 42.0 Å². The van der Waals surface area contributed by atoms with E-state index in [0.29, 0.717) is 40.0 Å². The molecule has 3 rings (SSSR count). The maximum atomic E-state index is 12.8. The number of nitro groups is 1. The molecule has 0 unspecified atom stereocenters. The molecular weight excluding hydrogens is 520 g/mol. The summed E-state index contributed by atoms with van der Waals surface area (Å²) >= 11 is 0. The average molecular weight is 551 g/mol. The van der Waals surface area contributed by atoms with Gasteiger partial charge in [-0.2, -0.15) is 0 Å². The van der Waals surface area contributed by atoms with Crippen LogP contribution in [0.2, 0.25) is 0 Å². The number of ketones is 1. The fourth-order valence-electron chi connectivity index (χ4n) is 3.90.